The van der Waals surface area contributed by atoms with Gasteiger partial charge in [0.15, 0.2) is 11.5 Å². The highest BCUT2D eigenvalue weighted by Gasteiger charge is 2.19. The second kappa shape index (κ2) is 5.41. The van der Waals surface area contributed by atoms with E-state index in [9.17, 15) is 5.11 Å². The molecule has 0 bridgehead atoms. The van der Waals surface area contributed by atoms with Crippen molar-refractivity contribution in [3.8, 4) is 11.5 Å². The fourth-order valence-corrected chi connectivity index (χ4v) is 2.19. The summed E-state index contributed by atoms with van der Waals surface area (Å²) in [6, 6.07) is 5.70. The highest BCUT2D eigenvalue weighted by molar-refractivity contribution is 5.44. The van der Waals surface area contributed by atoms with E-state index in [-0.39, 0.29) is 5.92 Å². The molecule has 0 amide bonds. The van der Waals surface area contributed by atoms with Crippen LogP contribution in [0.25, 0.3) is 0 Å². The first-order valence-electron chi connectivity index (χ1n) is 6.30. The van der Waals surface area contributed by atoms with Gasteiger partial charge in [0.05, 0.1) is 6.10 Å². The number of aliphatic hydroxyl groups is 1. The van der Waals surface area contributed by atoms with Crippen molar-refractivity contribution in [3.63, 3.8) is 0 Å². The van der Waals surface area contributed by atoms with Gasteiger partial charge in [-0.05, 0) is 30.0 Å². The summed E-state index contributed by atoms with van der Waals surface area (Å²) in [6.07, 6.45) is 1.68. The smallest absolute Gasteiger partial charge is 0.161 e. The van der Waals surface area contributed by atoms with Gasteiger partial charge in [0.2, 0.25) is 0 Å². The molecule has 1 N–H and O–H groups in total. The predicted molar refractivity (Wildman–Crippen MR) is 66.5 cm³/mol. The third-order valence-corrected chi connectivity index (χ3v) is 3.19. The Bertz CT molecular complexity index is 376. The van der Waals surface area contributed by atoms with Crippen molar-refractivity contribution in [2.24, 2.45) is 5.92 Å². The topological polar surface area (TPSA) is 38.7 Å². The van der Waals surface area contributed by atoms with Crippen LogP contribution in [-0.4, -0.2) is 18.3 Å². The third kappa shape index (κ3) is 2.72. The van der Waals surface area contributed by atoms with Crippen molar-refractivity contribution in [2.45, 2.75) is 32.8 Å². The van der Waals surface area contributed by atoms with Gasteiger partial charge >= 0.3 is 0 Å². The maximum atomic E-state index is 10.2. The number of hydrogen-bond donors (Lipinski definition) is 1. The van der Waals surface area contributed by atoms with E-state index >= 15 is 0 Å². The highest BCUT2D eigenvalue weighted by atomic mass is 16.6. The molecule has 1 aromatic carbocycles. The fourth-order valence-electron chi connectivity index (χ4n) is 2.19. The molecule has 3 nitrogen and oxygen atoms in total. The SMILES string of the molecule is CCC[C@H](C)C(O)c1ccc2c(c1)OCCO2. The summed E-state index contributed by atoms with van der Waals surface area (Å²) >= 11 is 0. The molecule has 1 aliphatic rings. The number of rotatable bonds is 4. The van der Waals surface area contributed by atoms with Crippen LogP contribution in [0.3, 0.4) is 0 Å². The maximum absolute atomic E-state index is 10.2. The first-order valence-corrected chi connectivity index (χ1v) is 6.30. The van der Waals surface area contributed by atoms with Crippen molar-refractivity contribution in [3.05, 3.63) is 23.8 Å². The van der Waals surface area contributed by atoms with Crippen LogP contribution >= 0.6 is 0 Å². The summed E-state index contributed by atoms with van der Waals surface area (Å²) in [5, 5.41) is 10.2. The molecule has 1 unspecified atom stereocenters. The molecule has 0 radical (unpaired) electrons. The van der Waals surface area contributed by atoms with Crippen LogP contribution in [0.4, 0.5) is 0 Å². The van der Waals surface area contributed by atoms with Crippen LogP contribution in [0.1, 0.15) is 38.4 Å². The van der Waals surface area contributed by atoms with Gasteiger partial charge in [0, 0.05) is 0 Å². The van der Waals surface area contributed by atoms with Crippen molar-refractivity contribution < 1.29 is 14.6 Å². The second-order valence-corrected chi connectivity index (χ2v) is 4.61. The van der Waals surface area contributed by atoms with Gasteiger partial charge in [0.1, 0.15) is 13.2 Å². The second-order valence-electron chi connectivity index (χ2n) is 4.61. The molecule has 3 heteroatoms. The van der Waals surface area contributed by atoms with Crippen LogP contribution in [0.2, 0.25) is 0 Å². The molecule has 1 aliphatic heterocycles. The molecule has 1 aromatic rings. The number of aliphatic hydroxyl groups excluding tert-OH is 1. The summed E-state index contributed by atoms with van der Waals surface area (Å²) in [4.78, 5) is 0. The lowest BCUT2D eigenvalue weighted by atomic mass is 9.93. The standard InChI is InChI=1S/C14H20O3/c1-3-4-10(2)14(15)11-5-6-12-13(9-11)17-8-7-16-12/h5-6,9-10,14-15H,3-4,7-8H2,1-2H3/t10-,14?/m0/s1. The average Bonchev–Trinajstić information content (AvgIpc) is 2.37. The minimum Gasteiger partial charge on any atom is -0.486 e. The maximum Gasteiger partial charge on any atom is 0.161 e. The lowest BCUT2D eigenvalue weighted by Crippen LogP contribution is -2.16. The molecule has 0 spiro atoms. The summed E-state index contributed by atoms with van der Waals surface area (Å²) in [6.45, 7) is 5.39. The largest absolute Gasteiger partial charge is 0.486 e. The van der Waals surface area contributed by atoms with E-state index in [1.807, 2.05) is 18.2 Å². The Morgan fingerprint density at radius 2 is 1.94 bits per heavy atom. The van der Waals surface area contributed by atoms with E-state index < -0.39 is 6.10 Å². The molecule has 2 rings (SSSR count). The Hall–Kier alpha value is -1.22. The van der Waals surface area contributed by atoms with E-state index in [1.54, 1.807) is 0 Å². The molecule has 0 saturated heterocycles. The normalized spacial score (nSPS) is 17.6. The number of ether oxygens (including phenoxy) is 2. The Kier molecular flexibility index (Phi) is 3.89. The van der Waals surface area contributed by atoms with E-state index in [2.05, 4.69) is 13.8 Å². The number of fused-ring (bicyclic) bond motifs is 1. The third-order valence-electron chi connectivity index (χ3n) is 3.19. The minimum absolute atomic E-state index is 0.266. The van der Waals surface area contributed by atoms with Crippen molar-refractivity contribution in [2.75, 3.05) is 13.2 Å². The van der Waals surface area contributed by atoms with E-state index in [4.69, 9.17) is 9.47 Å². The quantitative estimate of drug-likeness (QED) is 0.873. The zero-order valence-electron chi connectivity index (χ0n) is 10.5. The summed E-state index contributed by atoms with van der Waals surface area (Å²) in [5.41, 5.74) is 0.912. The van der Waals surface area contributed by atoms with Gasteiger partial charge in [-0.15, -0.1) is 0 Å². The molecule has 94 valence electrons. The van der Waals surface area contributed by atoms with Crippen LogP contribution in [0, 0.1) is 5.92 Å². The summed E-state index contributed by atoms with van der Waals surface area (Å²) in [5.74, 6) is 1.79. The van der Waals surface area contributed by atoms with E-state index in [0.29, 0.717) is 13.2 Å². The summed E-state index contributed by atoms with van der Waals surface area (Å²) < 4.78 is 11.0. The molecular weight excluding hydrogens is 216 g/mol. The zero-order valence-corrected chi connectivity index (χ0v) is 10.5. The lowest BCUT2D eigenvalue weighted by Gasteiger charge is -2.22. The Balaban J connectivity index is 2.15. The van der Waals surface area contributed by atoms with Gasteiger partial charge < -0.3 is 14.6 Å². The molecule has 17 heavy (non-hydrogen) atoms. The van der Waals surface area contributed by atoms with Gasteiger partial charge in [0.25, 0.3) is 0 Å². The molecular formula is C14H20O3. The van der Waals surface area contributed by atoms with Crippen molar-refractivity contribution in [1.29, 1.82) is 0 Å². The molecule has 0 fully saturated rings. The molecule has 0 aromatic heterocycles. The minimum atomic E-state index is -0.425. The first-order chi connectivity index (χ1) is 8.22. The Labute approximate surface area is 102 Å². The van der Waals surface area contributed by atoms with E-state index in [1.165, 1.54) is 0 Å². The molecule has 0 aliphatic carbocycles. The van der Waals surface area contributed by atoms with Crippen LogP contribution < -0.4 is 9.47 Å². The predicted octanol–water partition coefficient (Wildman–Crippen LogP) is 2.93. The zero-order chi connectivity index (χ0) is 12.3. The van der Waals surface area contributed by atoms with E-state index in [0.717, 1.165) is 29.9 Å². The monoisotopic (exact) mass is 236 g/mol. The first kappa shape index (κ1) is 12.2. The summed E-state index contributed by atoms with van der Waals surface area (Å²) in [7, 11) is 0. The van der Waals surface area contributed by atoms with Gasteiger partial charge in [-0.2, -0.15) is 0 Å². The number of hydrogen-bond acceptors (Lipinski definition) is 3. The van der Waals surface area contributed by atoms with Crippen molar-refractivity contribution >= 4 is 0 Å². The van der Waals surface area contributed by atoms with Gasteiger partial charge in [-0.3, -0.25) is 0 Å². The van der Waals surface area contributed by atoms with Crippen LogP contribution in [-0.2, 0) is 0 Å². The molecule has 1 heterocycles. The van der Waals surface area contributed by atoms with Gasteiger partial charge in [-0.1, -0.05) is 26.3 Å². The fraction of sp³-hybridized carbons (Fsp3) is 0.571. The average molecular weight is 236 g/mol. The van der Waals surface area contributed by atoms with Crippen LogP contribution in [0.15, 0.2) is 18.2 Å². The Morgan fingerprint density at radius 3 is 2.65 bits per heavy atom. The highest BCUT2D eigenvalue weighted by Crippen LogP contribution is 2.35. The molecule has 2 atom stereocenters. The van der Waals surface area contributed by atoms with Gasteiger partial charge in [-0.25, -0.2) is 0 Å². The van der Waals surface area contributed by atoms with Crippen molar-refractivity contribution in [1.82, 2.24) is 0 Å². The number of benzene rings is 1. The Morgan fingerprint density at radius 1 is 1.24 bits per heavy atom. The molecule has 0 saturated carbocycles. The lowest BCUT2D eigenvalue weighted by molar-refractivity contribution is 0.111. The van der Waals surface area contributed by atoms with Crippen LogP contribution in [0.5, 0.6) is 11.5 Å².